The van der Waals surface area contributed by atoms with E-state index >= 15 is 0 Å². The van der Waals surface area contributed by atoms with Gasteiger partial charge in [-0.15, -0.1) is 11.6 Å². The number of morpholine rings is 1. The summed E-state index contributed by atoms with van der Waals surface area (Å²) in [6, 6.07) is 4.54. The SMILES string of the molecule is Cc1cc(N2CC(CCl)OCC2C)ccn1. The molecule has 0 bridgehead atoms. The fraction of sp³-hybridized carbons (Fsp3) is 0.583. The van der Waals surface area contributed by atoms with Gasteiger partial charge in [-0.25, -0.2) is 0 Å². The lowest BCUT2D eigenvalue weighted by Gasteiger charge is -2.39. The number of hydrogen-bond acceptors (Lipinski definition) is 3. The van der Waals surface area contributed by atoms with E-state index in [-0.39, 0.29) is 6.10 Å². The summed E-state index contributed by atoms with van der Waals surface area (Å²) >= 11 is 5.85. The molecule has 1 saturated heterocycles. The van der Waals surface area contributed by atoms with E-state index in [1.165, 1.54) is 5.69 Å². The van der Waals surface area contributed by atoms with Gasteiger partial charge in [0.25, 0.3) is 0 Å². The van der Waals surface area contributed by atoms with Crippen LogP contribution in [-0.2, 0) is 4.74 Å². The molecule has 3 nitrogen and oxygen atoms in total. The summed E-state index contributed by atoms with van der Waals surface area (Å²) in [6.45, 7) is 5.76. The van der Waals surface area contributed by atoms with E-state index in [0.29, 0.717) is 11.9 Å². The second-order valence-corrected chi connectivity index (χ2v) is 4.58. The topological polar surface area (TPSA) is 25.4 Å². The smallest absolute Gasteiger partial charge is 0.0886 e. The Bertz CT molecular complexity index is 359. The molecule has 2 heterocycles. The maximum atomic E-state index is 5.85. The molecule has 4 heteroatoms. The third kappa shape index (κ3) is 2.47. The van der Waals surface area contributed by atoms with Gasteiger partial charge < -0.3 is 9.64 Å². The molecule has 88 valence electrons. The summed E-state index contributed by atoms with van der Waals surface area (Å²) in [7, 11) is 0. The number of hydrogen-bond donors (Lipinski definition) is 0. The Kier molecular flexibility index (Phi) is 3.66. The van der Waals surface area contributed by atoms with Crippen molar-refractivity contribution in [1.29, 1.82) is 0 Å². The molecule has 0 N–H and O–H groups in total. The van der Waals surface area contributed by atoms with Crippen LogP contribution in [0.1, 0.15) is 12.6 Å². The lowest BCUT2D eigenvalue weighted by atomic mass is 10.1. The summed E-state index contributed by atoms with van der Waals surface area (Å²) < 4.78 is 5.63. The highest BCUT2D eigenvalue weighted by Gasteiger charge is 2.25. The number of ether oxygens (including phenoxy) is 1. The van der Waals surface area contributed by atoms with Crippen LogP contribution in [0, 0.1) is 6.92 Å². The average molecular weight is 241 g/mol. The Morgan fingerprint density at radius 2 is 2.44 bits per heavy atom. The second kappa shape index (κ2) is 5.02. The van der Waals surface area contributed by atoms with E-state index in [0.717, 1.165) is 18.8 Å². The summed E-state index contributed by atoms with van der Waals surface area (Å²) in [5.74, 6) is 0.549. The zero-order valence-corrected chi connectivity index (χ0v) is 10.4. The van der Waals surface area contributed by atoms with Crippen molar-refractivity contribution in [2.75, 3.05) is 23.9 Å². The Morgan fingerprint density at radius 3 is 3.12 bits per heavy atom. The fourth-order valence-corrected chi connectivity index (χ4v) is 2.17. The van der Waals surface area contributed by atoms with Crippen LogP contribution in [0.4, 0.5) is 5.69 Å². The monoisotopic (exact) mass is 240 g/mol. The summed E-state index contributed by atoms with van der Waals surface area (Å²) in [6.07, 6.45) is 1.98. The molecule has 0 radical (unpaired) electrons. The molecule has 1 aliphatic heterocycles. The highest BCUT2D eigenvalue weighted by molar-refractivity contribution is 6.18. The van der Waals surface area contributed by atoms with Gasteiger partial charge in [0.1, 0.15) is 0 Å². The van der Waals surface area contributed by atoms with Gasteiger partial charge in [-0.3, -0.25) is 4.98 Å². The molecule has 0 spiro atoms. The maximum absolute atomic E-state index is 5.85. The molecule has 1 fully saturated rings. The van der Waals surface area contributed by atoms with Crippen LogP contribution in [-0.4, -0.2) is 36.2 Å². The van der Waals surface area contributed by atoms with E-state index in [2.05, 4.69) is 22.9 Å². The van der Waals surface area contributed by atoms with Gasteiger partial charge in [0.05, 0.1) is 18.6 Å². The zero-order valence-electron chi connectivity index (χ0n) is 9.69. The van der Waals surface area contributed by atoms with Gasteiger partial charge in [0, 0.05) is 30.2 Å². The van der Waals surface area contributed by atoms with Crippen LogP contribution in [0.25, 0.3) is 0 Å². The lowest BCUT2D eigenvalue weighted by molar-refractivity contribution is 0.0364. The highest BCUT2D eigenvalue weighted by Crippen LogP contribution is 2.22. The molecule has 1 aromatic heterocycles. The van der Waals surface area contributed by atoms with Gasteiger partial charge >= 0.3 is 0 Å². The molecular weight excluding hydrogens is 224 g/mol. The van der Waals surface area contributed by atoms with Gasteiger partial charge in [0.15, 0.2) is 0 Å². The molecule has 2 atom stereocenters. The fourth-order valence-electron chi connectivity index (χ4n) is 1.98. The number of aromatic nitrogens is 1. The van der Waals surface area contributed by atoms with Crippen LogP contribution in [0.2, 0.25) is 0 Å². The molecule has 1 aliphatic rings. The van der Waals surface area contributed by atoms with E-state index in [1.54, 1.807) is 0 Å². The van der Waals surface area contributed by atoms with Crippen LogP contribution < -0.4 is 4.90 Å². The number of rotatable bonds is 2. The molecule has 0 aliphatic carbocycles. The van der Waals surface area contributed by atoms with Crippen molar-refractivity contribution < 1.29 is 4.74 Å². The Labute approximate surface area is 101 Å². The van der Waals surface area contributed by atoms with Crippen LogP contribution in [0.15, 0.2) is 18.3 Å². The summed E-state index contributed by atoms with van der Waals surface area (Å²) in [4.78, 5) is 6.55. The van der Waals surface area contributed by atoms with Gasteiger partial charge in [-0.05, 0) is 26.0 Å². The minimum Gasteiger partial charge on any atom is -0.373 e. The number of pyridine rings is 1. The van der Waals surface area contributed by atoms with Gasteiger partial charge in [-0.2, -0.15) is 0 Å². The average Bonchev–Trinajstić information content (AvgIpc) is 2.30. The van der Waals surface area contributed by atoms with Crippen LogP contribution in [0.5, 0.6) is 0 Å². The third-order valence-electron chi connectivity index (χ3n) is 2.89. The molecule has 2 rings (SSSR count). The predicted molar refractivity (Wildman–Crippen MR) is 66.2 cm³/mol. The number of anilines is 1. The van der Waals surface area contributed by atoms with E-state index in [1.807, 2.05) is 19.2 Å². The third-order valence-corrected chi connectivity index (χ3v) is 3.23. The number of aryl methyl sites for hydroxylation is 1. The zero-order chi connectivity index (χ0) is 11.5. The Morgan fingerprint density at radius 1 is 1.62 bits per heavy atom. The molecule has 2 unspecified atom stereocenters. The minimum absolute atomic E-state index is 0.131. The number of nitrogens with zero attached hydrogens (tertiary/aromatic N) is 2. The Hall–Kier alpha value is -0.800. The first-order valence-corrected chi connectivity index (χ1v) is 6.11. The lowest BCUT2D eigenvalue weighted by Crippen LogP contribution is -2.49. The number of alkyl halides is 1. The molecule has 16 heavy (non-hydrogen) atoms. The summed E-state index contributed by atoms with van der Waals surface area (Å²) in [5.41, 5.74) is 2.25. The maximum Gasteiger partial charge on any atom is 0.0886 e. The van der Waals surface area contributed by atoms with Crippen molar-refractivity contribution in [2.24, 2.45) is 0 Å². The Balaban J connectivity index is 2.17. The van der Waals surface area contributed by atoms with Crippen molar-refractivity contribution in [1.82, 2.24) is 4.98 Å². The van der Waals surface area contributed by atoms with Crippen molar-refractivity contribution >= 4 is 17.3 Å². The molecule has 0 amide bonds. The standard InChI is InChI=1S/C12H17ClN2O/c1-9-5-11(3-4-14-9)15-7-12(6-13)16-8-10(15)2/h3-5,10,12H,6-8H2,1-2H3. The largest absolute Gasteiger partial charge is 0.373 e. The first kappa shape index (κ1) is 11.7. The normalized spacial score (nSPS) is 25.8. The van der Waals surface area contributed by atoms with Crippen molar-refractivity contribution in [3.05, 3.63) is 24.0 Å². The predicted octanol–water partition coefficient (Wildman–Crippen LogP) is 2.22. The van der Waals surface area contributed by atoms with E-state index < -0.39 is 0 Å². The van der Waals surface area contributed by atoms with Crippen molar-refractivity contribution in [3.63, 3.8) is 0 Å². The molecule has 1 aromatic rings. The molecular formula is C12H17ClN2O. The van der Waals surface area contributed by atoms with Gasteiger partial charge in [-0.1, -0.05) is 0 Å². The van der Waals surface area contributed by atoms with Crippen molar-refractivity contribution in [3.8, 4) is 0 Å². The first-order valence-electron chi connectivity index (χ1n) is 5.57. The van der Waals surface area contributed by atoms with Gasteiger partial charge in [0.2, 0.25) is 0 Å². The van der Waals surface area contributed by atoms with Crippen LogP contribution in [0.3, 0.4) is 0 Å². The highest BCUT2D eigenvalue weighted by atomic mass is 35.5. The molecule has 0 aromatic carbocycles. The number of halogens is 1. The summed E-state index contributed by atoms with van der Waals surface area (Å²) in [5, 5.41) is 0. The van der Waals surface area contributed by atoms with Crippen molar-refractivity contribution in [2.45, 2.75) is 26.0 Å². The molecule has 0 saturated carbocycles. The quantitative estimate of drug-likeness (QED) is 0.742. The first-order chi connectivity index (χ1) is 7.70. The van der Waals surface area contributed by atoms with Crippen LogP contribution >= 0.6 is 11.6 Å². The van der Waals surface area contributed by atoms with E-state index in [4.69, 9.17) is 16.3 Å². The second-order valence-electron chi connectivity index (χ2n) is 4.27. The van der Waals surface area contributed by atoms with E-state index in [9.17, 15) is 0 Å². The minimum atomic E-state index is 0.131.